The molecule has 11 aromatic rings. The van der Waals surface area contributed by atoms with Crippen molar-refractivity contribution in [3.05, 3.63) is 194 Å². The highest BCUT2D eigenvalue weighted by atomic mass is 32.1. The van der Waals surface area contributed by atoms with Gasteiger partial charge in [0.05, 0.1) is 11.0 Å². The zero-order valence-electron chi connectivity index (χ0n) is 30.2. The molecule has 3 aromatic heterocycles. The van der Waals surface area contributed by atoms with Crippen LogP contribution >= 0.6 is 11.3 Å². The van der Waals surface area contributed by atoms with Gasteiger partial charge >= 0.3 is 0 Å². The summed E-state index contributed by atoms with van der Waals surface area (Å²) in [4.78, 5) is 15.8. The highest BCUT2D eigenvalue weighted by molar-refractivity contribution is 7.25. The van der Waals surface area contributed by atoms with E-state index in [9.17, 15) is 0 Å². The van der Waals surface area contributed by atoms with Gasteiger partial charge in [-0.2, -0.15) is 0 Å². The summed E-state index contributed by atoms with van der Waals surface area (Å²) in [6.45, 7) is 0. The van der Waals surface area contributed by atoms with Gasteiger partial charge in [0.25, 0.3) is 0 Å². The standard InChI is InChI=1S/C51H32N4S/c1-3-14-33(15-4-1)34-26-28-36(29-27-34)49-52-50(40-20-8-7-18-38(40)35-16-5-2-6-17-35)54-51(53-49)42-22-13-24-45-48(42)41-21-9-11-23-44(41)55(45)37-30-31-47-43(32-37)39-19-10-12-25-46(39)56-47/h1-32H. The molecule has 0 unspecified atom stereocenters. The highest BCUT2D eigenvalue weighted by Crippen LogP contribution is 2.41. The molecule has 0 radical (unpaired) electrons. The van der Waals surface area contributed by atoms with Crippen LogP contribution in [0.25, 0.3) is 104 Å². The highest BCUT2D eigenvalue weighted by Gasteiger charge is 2.21. The predicted octanol–water partition coefficient (Wildman–Crippen LogP) is 13.7. The normalized spacial score (nSPS) is 11.6. The molecule has 0 bridgehead atoms. The van der Waals surface area contributed by atoms with Crippen LogP contribution < -0.4 is 0 Å². The summed E-state index contributed by atoms with van der Waals surface area (Å²) < 4.78 is 4.97. The maximum absolute atomic E-state index is 5.33. The minimum Gasteiger partial charge on any atom is -0.309 e. The van der Waals surface area contributed by atoms with E-state index in [4.69, 9.17) is 15.0 Å². The van der Waals surface area contributed by atoms with Gasteiger partial charge in [-0.15, -0.1) is 11.3 Å². The smallest absolute Gasteiger partial charge is 0.164 e. The van der Waals surface area contributed by atoms with E-state index in [0.29, 0.717) is 17.5 Å². The molecular formula is C51H32N4S. The maximum atomic E-state index is 5.33. The van der Waals surface area contributed by atoms with E-state index in [2.05, 4.69) is 187 Å². The first-order chi connectivity index (χ1) is 27.8. The zero-order valence-corrected chi connectivity index (χ0v) is 31.0. The van der Waals surface area contributed by atoms with E-state index in [1.807, 2.05) is 23.5 Å². The van der Waals surface area contributed by atoms with Crippen molar-refractivity contribution in [3.63, 3.8) is 0 Å². The molecule has 0 saturated heterocycles. The van der Waals surface area contributed by atoms with Crippen molar-refractivity contribution in [2.24, 2.45) is 0 Å². The van der Waals surface area contributed by atoms with Crippen LogP contribution in [0.3, 0.4) is 0 Å². The number of aromatic nitrogens is 4. The summed E-state index contributed by atoms with van der Waals surface area (Å²) in [5.74, 6) is 1.89. The van der Waals surface area contributed by atoms with Gasteiger partial charge in [-0.05, 0) is 58.7 Å². The van der Waals surface area contributed by atoms with Crippen LogP contribution in [0.2, 0.25) is 0 Å². The van der Waals surface area contributed by atoms with Gasteiger partial charge in [-0.3, -0.25) is 0 Å². The van der Waals surface area contributed by atoms with Gasteiger partial charge in [-0.1, -0.05) is 158 Å². The Morgan fingerprint density at radius 2 is 0.893 bits per heavy atom. The number of nitrogens with zero attached hydrogens (tertiary/aromatic N) is 4. The monoisotopic (exact) mass is 732 g/mol. The number of hydrogen-bond donors (Lipinski definition) is 0. The molecule has 0 fully saturated rings. The number of hydrogen-bond acceptors (Lipinski definition) is 4. The molecule has 5 heteroatoms. The Kier molecular flexibility index (Phi) is 7.64. The van der Waals surface area contributed by atoms with Crippen molar-refractivity contribution < 1.29 is 0 Å². The van der Waals surface area contributed by atoms with E-state index in [1.165, 1.54) is 25.7 Å². The third-order valence-electron chi connectivity index (χ3n) is 10.7. The molecule has 3 heterocycles. The van der Waals surface area contributed by atoms with E-state index in [0.717, 1.165) is 60.9 Å². The van der Waals surface area contributed by atoms with Gasteiger partial charge in [0, 0.05) is 53.3 Å². The van der Waals surface area contributed by atoms with Gasteiger partial charge in [0.1, 0.15) is 0 Å². The molecule has 0 atom stereocenters. The van der Waals surface area contributed by atoms with Crippen molar-refractivity contribution in [1.82, 2.24) is 19.5 Å². The van der Waals surface area contributed by atoms with Gasteiger partial charge in [-0.25, -0.2) is 15.0 Å². The fraction of sp³-hybridized carbons (Fsp3) is 0. The summed E-state index contributed by atoms with van der Waals surface area (Å²) in [5, 5.41) is 4.81. The summed E-state index contributed by atoms with van der Waals surface area (Å²) in [5.41, 5.74) is 10.7. The SMILES string of the molecule is c1ccc(-c2ccc(-c3nc(-c4ccccc4-c4ccccc4)nc(-c4cccc5c4c4ccccc4n5-c4ccc5sc6ccccc6c5c4)n3)cc2)cc1. The van der Waals surface area contributed by atoms with Crippen LogP contribution in [0.1, 0.15) is 0 Å². The van der Waals surface area contributed by atoms with Crippen LogP contribution in [0.4, 0.5) is 0 Å². The second-order valence-electron chi connectivity index (χ2n) is 14.0. The maximum Gasteiger partial charge on any atom is 0.164 e. The van der Waals surface area contributed by atoms with Crippen LogP contribution in [0.5, 0.6) is 0 Å². The molecular weight excluding hydrogens is 701 g/mol. The summed E-state index contributed by atoms with van der Waals surface area (Å²) >= 11 is 1.84. The van der Waals surface area contributed by atoms with Crippen molar-refractivity contribution >= 4 is 53.3 Å². The Balaban J connectivity index is 1.14. The molecule has 0 N–H and O–H groups in total. The zero-order chi connectivity index (χ0) is 37.0. The van der Waals surface area contributed by atoms with Gasteiger partial charge in [0.15, 0.2) is 17.5 Å². The molecule has 8 aromatic carbocycles. The van der Waals surface area contributed by atoms with E-state index < -0.39 is 0 Å². The Labute approximate surface area is 327 Å². The fourth-order valence-corrected chi connectivity index (χ4v) is 9.16. The first-order valence-corrected chi connectivity index (χ1v) is 19.6. The van der Waals surface area contributed by atoms with Crippen LogP contribution in [0, 0.1) is 0 Å². The van der Waals surface area contributed by atoms with Crippen molar-refractivity contribution in [2.75, 3.05) is 0 Å². The Hall–Kier alpha value is -7.21. The third kappa shape index (κ3) is 5.40. The van der Waals surface area contributed by atoms with E-state index in [-0.39, 0.29) is 0 Å². The molecule has 262 valence electrons. The van der Waals surface area contributed by atoms with Crippen molar-refractivity contribution in [1.29, 1.82) is 0 Å². The van der Waals surface area contributed by atoms with E-state index >= 15 is 0 Å². The molecule has 4 nitrogen and oxygen atoms in total. The lowest BCUT2D eigenvalue weighted by Crippen LogP contribution is -2.01. The summed E-state index contributed by atoms with van der Waals surface area (Å²) in [7, 11) is 0. The number of para-hydroxylation sites is 1. The van der Waals surface area contributed by atoms with E-state index in [1.54, 1.807) is 0 Å². The lowest BCUT2D eigenvalue weighted by molar-refractivity contribution is 1.08. The van der Waals surface area contributed by atoms with Crippen molar-refractivity contribution in [3.8, 4) is 62.1 Å². The molecule has 0 saturated carbocycles. The number of benzene rings is 8. The first kappa shape index (κ1) is 32.2. The molecule has 11 rings (SSSR count). The first-order valence-electron chi connectivity index (χ1n) is 18.8. The quantitative estimate of drug-likeness (QED) is 0.171. The Morgan fingerprint density at radius 3 is 1.70 bits per heavy atom. The molecule has 0 aliphatic rings. The Bertz CT molecular complexity index is 3240. The molecule has 0 aliphatic heterocycles. The van der Waals surface area contributed by atoms with Gasteiger partial charge < -0.3 is 4.57 Å². The average Bonchev–Trinajstić information content (AvgIpc) is 3.82. The van der Waals surface area contributed by atoms with Crippen LogP contribution in [0.15, 0.2) is 194 Å². The number of fused-ring (bicyclic) bond motifs is 6. The molecule has 0 amide bonds. The van der Waals surface area contributed by atoms with Crippen LogP contribution in [-0.2, 0) is 0 Å². The predicted molar refractivity (Wildman–Crippen MR) is 234 cm³/mol. The van der Waals surface area contributed by atoms with Crippen molar-refractivity contribution in [2.45, 2.75) is 0 Å². The molecule has 0 aliphatic carbocycles. The lowest BCUT2D eigenvalue weighted by atomic mass is 9.99. The third-order valence-corrected chi connectivity index (χ3v) is 11.8. The Morgan fingerprint density at radius 1 is 0.339 bits per heavy atom. The number of rotatable bonds is 6. The number of thiophene rings is 1. The topological polar surface area (TPSA) is 43.6 Å². The lowest BCUT2D eigenvalue weighted by Gasteiger charge is -2.13. The largest absolute Gasteiger partial charge is 0.309 e. The molecule has 0 spiro atoms. The summed E-state index contributed by atoms with van der Waals surface area (Å²) in [6, 6.07) is 68.5. The van der Waals surface area contributed by atoms with Gasteiger partial charge in [0.2, 0.25) is 0 Å². The summed E-state index contributed by atoms with van der Waals surface area (Å²) in [6.07, 6.45) is 0. The average molecular weight is 733 g/mol. The minimum atomic E-state index is 0.628. The second-order valence-corrected chi connectivity index (χ2v) is 15.1. The molecule has 56 heavy (non-hydrogen) atoms. The van der Waals surface area contributed by atoms with Crippen LogP contribution in [-0.4, -0.2) is 19.5 Å². The minimum absolute atomic E-state index is 0.628. The second kappa shape index (κ2) is 13.3. The fourth-order valence-electron chi connectivity index (χ4n) is 8.07.